The van der Waals surface area contributed by atoms with E-state index in [9.17, 15) is 4.79 Å². The second-order valence-corrected chi connectivity index (χ2v) is 1.99. The maximum atomic E-state index is 9.95. The molecule has 0 aromatic rings. The molecule has 0 saturated heterocycles. The minimum Gasteiger partial charge on any atom is -0.345 e. The van der Waals surface area contributed by atoms with E-state index >= 15 is 0 Å². The molecule has 42 valence electrons. The van der Waals surface area contributed by atoms with Crippen molar-refractivity contribution >= 4 is 32.3 Å². The highest BCUT2D eigenvalue weighted by Crippen LogP contribution is 1.80. The first-order valence-electron chi connectivity index (χ1n) is 1.76. The monoisotopic (exact) mass is 185 g/mol. The second-order valence-electron chi connectivity index (χ2n) is 0.889. The van der Waals surface area contributed by atoms with Crippen molar-refractivity contribution in [2.45, 2.75) is 0 Å². The number of alkyl halides is 1. The van der Waals surface area contributed by atoms with Crippen LogP contribution in [0.25, 0.3) is 0 Å². The summed E-state index contributed by atoms with van der Waals surface area (Å²) >= 11 is 7.88. The summed E-state index contributed by atoms with van der Waals surface area (Å²) in [5.74, 6) is 0.456. The van der Waals surface area contributed by atoms with E-state index in [0.29, 0.717) is 12.4 Å². The molecule has 0 rings (SSSR count). The van der Waals surface area contributed by atoms with E-state index in [-0.39, 0.29) is 4.82 Å². The van der Waals surface area contributed by atoms with Gasteiger partial charge in [0.2, 0.25) is 0 Å². The van der Waals surface area contributed by atoms with E-state index in [0.717, 1.165) is 0 Å². The van der Waals surface area contributed by atoms with Gasteiger partial charge in [0.25, 0.3) is 4.82 Å². The van der Waals surface area contributed by atoms with Crippen LogP contribution in [0.5, 0.6) is 0 Å². The first-order valence-corrected chi connectivity index (χ1v) is 3.09. The molecule has 0 unspecified atom stereocenters. The fourth-order valence-corrected chi connectivity index (χ4v) is 0.438. The van der Waals surface area contributed by atoms with Gasteiger partial charge in [-0.3, -0.25) is 4.79 Å². The predicted octanol–water partition coefficient (Wildman–Crippen LogP) is 1.33. The lowest BCUT2D eigenvalue weighted by Gasteiger charge is -1.90. The lowest BCUT2D eigenvalue weighted by Crippen LogP contribution is -2.17. The van der Waals surface area contributed by atoms with Crippen LogP contribution in [0.1, 0.15) is 0 Å². The zero-order chi connectivity index (χ0) is 5.70. The van der Waals surface area contributed by atoms with Gasteiger partial charge in [0, 0.05) is 28.4 Å². The Bertz CT molecular complexity index is 68.0. The zero-order valence-corrected chi connectivity index (χ0v) is 5.92. The van der Waals surface area contributed by atoms with Crippen molar-refractivity contribution in [2.24, 2.45) is 0 Å². The number of hydrogen-bond donors (Lipinski definition) is 1. The molecule has 0 heterocycles. The van der Waals surface area contributed by atoms with Crippen LogP contribution in [0.2, 0.25) is 0 Å². The van der Waals surface area contributed by atoms with E-state index in [2.05, 4.69) is 21.2 Å². The third-order valence-electron chi connectivity index (χ3n) is 0.358. The van der Waals surface area contributed by atoms with Gasteiger partial charge in [-0.25, -0.2) is 0 Å². The van der Waals surface area contributed by atoms with Crippen molar-refractivity contribution < 1.29 is 4.79 Å². The topological polar surface area (TPSA) is 29.1 Å². The molecule has 0 fully saturated rings. The van der Waals surface area contributed by atoms with Crippen LogP contribution in [-0.4, -0.2) is 17.2 Å². The molecule has 2 nitrogen and oxygen atoms in total. The Morgan fingerprint density at radius 2 is 2.43 bits per heavy atom. The Balaban J connectivity index is 2.82. The summed E-state index contributed by atoms with van der Waals surface area (Å²) in [4.78, 5) is 9.73. The van der Waals surface area contributed by atoms with E-state index in [1.165, 1.54) is 0 Å². The summed E-state index contributed by atoms with van der Waals surface area (Å²) in [6, 6.07) is 0. The molecular weight excluding hydrogens is 181 g/mol. The third kappa shape index (κ3) is 6.24. The average molecular weight is 186 g/mol. The smallest absolute Gasteiger partial charge is 0.287 e. The Morgan fingerprint density at radius 3 is 2.57 bits per heavy atom. The van der Waals surface area contributed by atoms with Gasteiger partial charge in [0.15, 0.2) is 0 Å². The van der Waals surface area contributed by atoms with Gasteiger partial charge in [-0.05, 0) is 0 Å². The molecule has 0 aliphatic heterocycles. The first-order chi connectivity index (χ1) is 3.27. The lowest BCUT2D eigenvalue weighted by molar-refractivity contribution is 0.262. The second kappa shape index (κ2) is 4.40. The van der Waals surface area contributed by atoms with Gasteiger partial charge in [-0.15, -0.1) is 11.6 Å². The van der Waals surface area contributed by atoms with Gasteiger partial charge >= 0.3 is 0 Å². The van der Waals surface area contributed by atoms with Crippen LogP contribution in [0.3, 0.4) is 0 Å². The number of nitrogens with one attached hydrogen (secondary N) is 1. The van der Waals surface area contributed by atoms with Gasteiger partial charge < -0.3 is 5.32 Å². The van der Waals surface area contributed by atoms with Crippen molar-refractivity contribution in [3.63, 3.8) is 0 Å². The standard InChI is InChI=1S/C3H5BrClNO/c4-3(7)6-2-1-5/h1-2H2,(H,6,7). The van der Waals surface area contributed by atoms with Crippen LogP contribution >= 0.6 is 27.5 Å². The van der Waals surface area contributed by atoms with Crippen molar-refractivity contribution in [1.29, 1.82) is 0 Å². The number of carbonyl (C=O) groups is 1. The van der Waals surface area contributed by atoms with Gasteiger partial charge in [-0.2, -0.15) is 0 Å². The minimum atomic E-state index is -0.215. The summed E-state index contributed by atoms with van der Waals surface area (Å²) in [5, 5.41) is 2.44. The molecule has 0 radical (unpaired) electrons. The number of halogens is 2. The third-order valence-corrected chi connectivity index (χ3v) is 0.828. The molecule has 0 aromatic heterocycles. The quantitative estimate of drug-likeness (QED) is 0.393. The summed E-state index contributed by atoms with van der Waals surface area (Å²) in [6.07, 6.45) is 0. The summed E-state index contributed by atoms with van der Waals surface area (Å²) in [6.45, 7) is 0.519. The highest BCUT2D eigenvalue weighted by atomic mass is 79.9. The van der Waals surface area contributed by atoms with Crippen LogP contribution in [0.15, 0.2) is 0 Å². The maximum Gasteiger partial charge on any atom is 0.287 e. The molecule has 0 aliphatic rings. The maximum absolute atomic E-state index is 9.95. The minimum absolute atomic E-state index is 0.215. The normalized spacial score (nSPS) is 8.29. The van der Waals surface area contributed by atoms with Gasteiger partial charge in [0.05, 0.1) is 0 Å². The van der Waals surface area contributed by atoms with Gasteiger partial charge in [0.1, 0.15) is 0 Å². The van der Waals surface area contributed by atoms with Crippen LogP contribution in [0.4, 0.5) is 4.79 Å². The summed E-state index contributed by atoms with van der Waals surface area (Å²) in [7, 11) is 0. The highest BCUT2D eigenvalue weighted by Gasteiger charge is 1.86. The van der Waals surface area contributed by atoms with Crippen molar-refractivity contribution in [3.8, 4) is 0 Å². The highest BCUT2D eigenvalue weighted by molar-refractivity contribution is 9.18. The number of hydrogen-bond acceptors (Lipinski definition) is 1. The van der Waals surface area contributed by atoms with Gasteiger partial charge in [-0.1, -0.05) is 0 Å². The molecule has 1 N–H and O–H groups in total. The van der Waals surface area contributed by atoms with E-state index in [1.54, 1.807) is 0 Å². The average Bonchev–Trinajstić information content (AvgIpc) is 1.61. The van der Waals surface area contributed by atoms with Crippen LogP contribution in [0, 0.1) is 0 Å². The van der Waals surface area contributed by atoms with E-state index in [1.807, 2.05) is 0 Å². The largest absolute Gasteiger partial charge is 0.345 e. The molecule has 0 saturated carbocycles. The predicted molar refractivity (Wildman–Crippen MR) is 33.0 cm³/mol. The molecule has 0 aromatic carbocycles. The van der Waals surface area contributed by atoms with E-state index < -0.39 is 0 Å². The summed E-state index contributed by atoms with van der Waals surface area (Å²) < 4.78 is 0. The Hall–Kier alpha value is 0.240. The van der Waals surface area contributed by atoms with E-state index in [4.69, 9.17) is 11.6 Å². The van der Waals surface area contributed by atoms with Crippen LogP contribution < -0.4 is 5.32 Å². The summed E-state index contributed by atoms with van der Waals surface area (Å²) in [5.41, 5.74) is 0. The first kappa shape index (κ1) is 7.24. The number of amides is 1. The van der Waals surface area contributed by atoms with Crippen molar-refractivity contribution in [2.75, 3.05) is 12.4 Å². The Labute approximate surface area is 55.4 Å². The lowest BCUT2D eigenvalue weighted by atomic mass is 10.8. The molecule has 0 bridgehead atoms. The number of rotatable bonds is 2. The Kier molecular flexibility index (Phi) is 4.55. The fourth-order valence-electron chi connectivity index (χ4n) is 0.146. The number of carbonyl (C=O) groups excluding carboxylic acids is 1. The molecule has 0 aliphatic carbocycles. The molecule has 4 heteroatoms. The Morgan fingerprint density at radius 1 is 1.86 bits per heavy atom. The molecule has 7 heavy (non-hydrogen) atoms. The van der Waals surface area contributed by atoms with Crippen molar-refractivity contribution in [1.82, 2.24) is 5.32 Å². The molecular formula is C3H5BrClNO. The fraction of sp³-hybridized carbons (Fsp3) is 0.667. The van der Waals surface area contributed by atoms with Crippen LogP contribution in [-0.2, 0) is 0 Å². The molecule has 0 spiro atoms. The molecule has 1 amide bonds. The SMILES string of the molecule is O=C(Br)NCCCl. The zero-order valence-electron chi connectivity index (χ0n) is 3.58. The van der Waals surface area contributed by atoms with Crippen molar-refractivity contribution in [3.05, 3.63) is 0 Å². The molecule has 0 atom stereocenters.